The van der Waals surface area contributed by atoms with Gasteiger partial charge in [0.15, 0.2) is 0 Å². The zero-order valence-corrected chi connectivity index (χ0v) is 12.9. The highest BCUT2D eigenvalue weighted by Gasteiger charge is 2.30. The molecule has 0 saturated carbocycles. The lowest BCUT2D eigenvalue weighted by Crippen LogP contribution is -2.10. The second-order valence-corrected chi connectivity index (χ2v) is 5.96. The molecule has 0 aliphatic heterocycles. The van der Waals surface area contributed by atoms with Gasteiger partial charge in [-0.25, -0.2) is 0 Å². The van der Waals surface area contributed by atoms with Crippen LogP contribution in [0.5, 0.6) is 0 Å². The van der Waals surface area contributed by atoms with Crippen molar-refractivity contribution in [1.29, 1.82) is 5.26 Å². The number of aromatic amines is 1. The van der Waals surface area contributed by atoms with E-state index in [2.05, 4.69) is 11.1 Å². The first-order valence-electron chi connectivity index (χ1n) is 7.27. The Morgan fingerprint density at radius 2 is 1.74 bits per heavy atom. The van der Waals surface area contributed by atoms with Crippen LogP contribution in [0.1, 0.15) is 35.2 Å². The van der Waals surface area contributed by atoms with Crippen LogP contribution >= 0.6 is 12.2 Å². The van der Waals surface area contributed by atoms with Crippen molar-refractivity contribution in [3.63, 3.8) is 0 Å². The molecular weight excluding hydrogens is 321 g/mol. The molecule has 0 spiro atoms. The fourth-order valence-electron chi connectivity index (χ4n) is 3.03. The first-order chi connectivity index (χ1) is 10.9. The molecule has 1 heterocycles. The Bertz CT molecular complexity index is 842. The summed E-state index contributed by atoms with van der Waals surface area (Å²) in [7, 11) is 0. The van der Waals surface area contributed by atoms with Crippen molar-refractivity contribution in [2.24, 2.45) is 0 Å². The number of rotatable bonds is 1. The highest BCUT2D eigenvalue weighted by molar-refractivity contribution is 7.71. The van der Waals surface area contributed by atoms with Crippen LogP contribution in [0.2, 0.25) is 0 Å². The fourth-order valence-corrected chi connectivity index (χ4v) is 3.31. The lowest BCUT2D eigenvalue weighted by molar-refractivity contribution is -0.137. The van der Waals surface area contributed by atoms with Gasteiger partial charge in [-0.15, -0.1) is 0 Å². The summed E-state index contributed by atoms with van der Waals surface area (Å²) in [4.78, 5) is 3.11. The van der Waals surface area contributed by atoms with Gasteiger partial charge in [0.1, 0.15) is 10.7 Å². The van der Waals surface area contributed by atoms with Crippen molar-refractivity contribution in [2.45, 2.75) is 31.9 Å². The molecule has 0 radical (unpaired) electrons. The van der Waals surface area contributed by atoms with Crippen molar-refractivity contribution >= 4 is 12.2 Å². The Kier molecular flexibility index (Phi) is 3.99. The molecule has 23 heavy (non-hydrogen) atoms. The molecule has 0 unspecified atom stereocenters. The molecule has 0 atom stereocenters. The van der Waals surface area contributed by atoms with Gasteiger partial charge in [-0.1, -0.05) is 24.4 Å². The van der Waals surface area contributed by atoms with E-state index in [1.807, 2.05) is 0 Å². The number of benzene rings is 1. The van der Waals surface area contributed by atoms with Crippen LogP contribution in [-0.4, -0.2) is 4.98 Å². The van der Waals surface area contributed by atoms with Crippen LogP contribution in [0.4, 0.5) is 13.2 Å². The Morgan fingerprint density at radius 3 is 2.35 bits per heavy atom. The van der Waals surface area contributed by atoms with Crippen molar-refractivity contribution in [3.05, 3.63) is 51.3 Å². The molecule has 0 saturated heterocycles. The minimum Gasteiger partial charge on any atom is -0.349 e. The fraction of sp³-hybridized carbons (Fsp3) is 0.294. The topological polar surface area (TPSA) is 39.6 Å². The second kappa shape index (κ2) is 5.82. The molecule has 0 fully saturated rings. The largest absolute Gasteiger partial charge is 0.416 e. The summed E-state index contributed by atoms with van der Waals surface area (Å²) >= 11 is 5.25. The third-order valence-electron chi connectivity index (χ3n) is 4.12. The van der Waals surface area contributed by atoms with Gasteiger partial charge in [-0.05, 0) is 48.9 Å². The van der Waals surface area contributed by atoms with E-state index in [9.17, 15) is 18.4 Å². The molecule has 1 aliphatic rings. The summed E-state index contributed by atoms with van der Waals surface area (Å²) in [5, 5.41) is 9.43. The average molecular weight is 334 g/mol. The minimum absolute atomic E-state index is 0.334. The SMILES string of the molecule is N#Cc1c(-c2ccc(C(F)(F)F)cc2)c2c([nH]c1=S)CCCC2. The lowest BCUT2D eigenvalue weighted by atomic mass is 9.87. The molecule has 118 valence electrons. The Morgan fingerprint density at radius 1 is 1.09 bits per heavy atom. The number of alkyl halides is 3. The number of pyridine rings is 1. The number of nitrogens with zero attached hydrogens (tertiary/aromatic N) is 1. The maximum atomic E-state index is 12.7. The van der Waals surface area contributed by atoms with E-state index in [1.54, 1.807) is 0 Å². The number of H-pyrrole nitrogens is 1. The quantitative estimate of drug-likeness (QED) is 0.730. The van der Waals surface area contributed by atoms with Crippen LogP contribution in [0.25, 0.3) is 11.1 Å². The maximum Gasteiger partial charge on any atom is 0.416 e. The van der Waals surface area contributed by atoms with Crippen LogP contribution in [0, 0.1) is 16.0 Å². The molecule has 3 rings (SSSR count). The predicted octanol–water partition coefficient (Wildman–Crippen LogP) is 5.18. The number of aromatic nitrogens is 1. The molecule has 6 heteroatoms. The Balaban J connectivity index is 2.21. The molecular formula is C17H13F3N2S. The monoisotopic (exact) mass is 334 g/mol. The van der Waals surface area contributed by atoms with E-state index >= 15 is 0 Å². The van der Waals surface area contributed by atoms with E-state index in [-0.39, 0.29) is 0 Å². The van der Waals surface area contributed by atoms with E-state index in [0.29, 0.717) is 21.3 Å². The molecule has 1 aromatic heterocycles. The minimum atomic E-state index is -4.37. The first kappa shape index (κ1) is 15.8. The van der Waals surface area contributed by atoms with Gasteiger partial charge in [0.25, 0.3) is 0 Å². The van der Waals surface area contributed by atoms with Crippen molar-refractivity contribution < 1.29 is 13.2 Å². The maximum absolute atomic E-state index is 12.7. The highest BCUT2D eigenvalue weighted by atomic mass is 32.1. The standard InChI is InChI=1S/C17H13F3N2S/c18-17(19,20)11-7-5-10(6-8-11)15-12-3-1-2-4-14(12)22-16(23)13(15)9-21/h5-8H,1-4H2,(H,22,23). The summed E-state index contributed by atoms with van der Waals surface area (Å²) in [6.45, 7) is 0. The van der Waals surface area contributed by atoms with E-state index in [4.69, 9.17) is 12.2 Å². The normalized spacial score (nSPS) is 14.2. The molecule has 2 aromatic rings. The molecule has 1 N–H and O–H groups in total. The molecule has 2 nitrogen and oxygen atoms in total. The Labute approximate surface area is 136 Å². The third-order valence-corrected chi connectivity index (χ3v) is 4.43. The summed E-state index contributed by atoms with van der Waals surface area (Å²) < 4.78 is 38.5. The van der Waals surface area contributed by atoms with Crippen LogP contribution < -0.4 is 0 Å². The van der Waals surface area contributed by atoms with Crippen LogP contribution in [0.15, 0.2) is 24.3 Å². The number of nitrogens with one attached hydrogen (secondary N) is 1. The van der Waals surface area contributed by atoms with Gasteiger partial charge < -0.3 is 4.98 Å². The first-order valence-corrected chi connectivity index (χ1v) is 7.68. The molecule has 1 aromatic carbocycles. The van der Waals surface area contributed by atoms with E-state index < -0.39 is 11.7 Å². The number of nitriles is 1. The van der Waals surface area contributed by atoms with Crippen LogP contribution in [-0.2, 0) is 19.0 Å². The third kappa shape index (κ3) is 2.89. The summed E-state index contributed by atoms with van der Waals surface area (Å²) in [5.41, 5.74) is 2.92. The zero-order chi connectivity index (χ0) is 16.6. The smallest absolute Gasteiger partial charge is 0.349 e. The van der Waals surface area contributed by atoms with Crippen molar-refractivity contribution in [1.82, 2.24) is 4.98 Å². The number of fused-ring (bicyclic) bond motifs is 1. The summed E-state index contributed by atoms with van der Waals surface area (Å²) in [6, 6.07) is 7.03. The second-order valence-electron chi connectivity index (χ2n) is 5.56. The molecule has 0 bridgehead atoms. The van der Waals surface area contributed by atoms with Gasteiger partial charge in [0.2, 0.25) is 0 Å². The molecule has 0 amide bonds. The van der Waals surface area contributed by atoms with Crippen molar-refractivity contribution in [2.75, 3.05) is 0 Å². The average Bonchev–Trinajstić information content (AvgIpc) is 2.53. The molecule has 1 aliphatic carbocycles. The Hall–Kier alpha value is -2.13. The van der Waals surface area contributed by atoms with Crippen molar-refractivity contribution in [3.8, 4) is 17.2 Å². The van der Waals surface area contributed by atoms with E-state index in [1.165, 1.54) is 12.1 Å². The van der Waals surface area contributed by atoms with Crippen LogP contribution in [0.3, 0.4) is 0 Å². The van der Waals surface area contributed by atoms with Gasteiger partial charge >= 0.3 is 6.18 Å². The number of hydrogen-bond acceptors (Lipinski definition) is 2. The highest BCUT2D eigenvalue weighted by Crippen LogP contribution is 2.36. The van der Waals surface area contributed by atoms with Gasteiger partial charge in [0.05, 0.1) is 11.1 Å². The lowest BCUT2D eigenvalue weighted by Gasteiger charge is -2.21. The number of aryl methyl sites for hydroxylation is 1. The summed E-state index contributed by atoms with van der Waals surface area (Å²) in [6.07, 6.45) is -0.693. The zero-order valence-electron chi connectivity index (χ0n) is 12.1. The van der Waals surface area contributed by atoms with E-state index in [0.717, 1.165) is 49.1 Å². The summed E-state index contributed by atoms with van der Waals surface area (Å²) in [5.74, 6) is 0. The van der Waals surface area contributed by atoms with Gasteiger partial charge in [0, 0.05) is 11.3 Å². The van der Waals surface area contributed by atoms with Gasteiger partial charge in [-0.2, -0.15) is 18.4 Å². The number of halogens is 3. The number of hydrogen-bond donors (Lipinski definition) is 1. The van der Waals surface area contributed by atoms with Gasteiger partial charge in [-0.3, -0.25) is 0 Å². The predicted molar refractivity (Wildman–Crippen MR) is 83.4 cm³/mol.